The molecule has 3 nitrogen and oxygen atoms in total. The highest BCUT2D eigenvalue weighted by Crippen LogP contribution is 2.31. The lowest BCUT2D eigenvalue weighted by atomic mass is 9.96. The molecule has 1 aliphatic heterocycles. The number of hydrogen-bond donors (Lipinski definition) is 0. The summed E-state index contributed by atoms with van der Waals surface area (Å²) in [7, 11) is 0. The number of rotatable bonds is 6. The second-order valence-corrected chi connectivity index (χ2v) is 7.24. The number of hydrogen-bond acceptors (Lipinski definition) is 3. The van der Waals surface area contributed by atoms with Crippen LogP contribution in [0.3, 0.4) is 0 Å². The van der Waals surface area contributed by atoms with Crippen LogP contribution < -0.4 is 0 Å². The largest absolute Gasteiger partial charge is 0.381 e. The lowest BCUT2D eigenvalue weighted by Gasteiger charge is -2.27. The summed E-state index contributed by atoms with van der Waals surface area (Å²) in [4.78, 5) is 16.1. The Morgan fingerprint density at radius 1 is 1.18 bits per heavy atom. The molecule has 1 aromatic carbocycles. The van der Waals surface area contributed by atoms with Crippen LogP contribution in [-0.4, -0.2) is 36.3 Å². The van der Waals surface area contributed by atoms with Gasteiger partial charge in [-0.2, -0.15) is 0 Å². The van der Waals surface area contributed by atoms with Gasteiger partial charge in [0.25, 0.3) is 0 Å². The first-order chi connectivity index (χ1) is 10.8. The van der Waals surface area contributed by atoms with E-state index in [-0.39, 0.29) is 0 Å². The van der Waals surface area contributed by atoms with Crippen molar-refractivity contribution < 1.29 is 9.53 Å². The van der Waals surface area contributed by atoms with Crippen molar-refractivity contribution in [2.45, 2.75) is 49.6 Å². The summed E-state index contributed by atoms with van der Waals surface area (Å²) in [5.41, 5.74) is 1.24. The fourth-order valence-corrected chi connectivity index (χ4v) is 3.46. The first kappa shape index (κ1) is 15.9. The number of thioether (sulfide) groups is 1. The molecule has 22 heavy (non-hydrogen) atoms. The van der Waals surface area contributed by atoms with E-state index in [1.54, 1.807) is 11.8 Å². The van der Waals surface area contributed by atoms with Gasteiger partial charge in [0.1, 0.15) is 0 Å². The molecule has 1 aliphatic carbocycles. The van der Waals surface area contributed by atoms with E-state index in [9.17, 15) is 4.79 Å². The van der Waals surface area contributed by atoms with Crippen LogP contribution >= 0.6 is 11.8 Å². The van der Waals surface area contributed by atoms with Gasteiger partial charge in [0.15, 0.2) is 0 Å². The van der Waals surface area contributed by atoms with Crippen LogP contribution in [0.25, 0.3) is 0 Å². The fraction of sp³-hybridized carbons (Fsp3) is 0.611. The SMILES string of the molecule is CSc1ccc(CN(C(=O)CC2CCOCC2)C2CC2)cc1. The molecule has 0 bridgehead atoms. The summed E-state index contributed by atoms with van der Waals surface area (Å²) in [6.45, 7) is 2.40. The average molecular weight is 319 g/mol. The van der Waals surface area contributed by atoms with Crippen molar-refractivity contribution in [1.29, 1.82) is 0 Å². The van der Waals surface area contributed by atoms with Crippen molar-refractivity contribution in [1.82, 2.24) is 4.90 Å². The van der Waals surface area contributed by atoms with Crippen molar-refractivity contribution in [3.8, 4) is 0 Å². The molecule has 0 spiro atoms. The van der Waals surface area contributed by atoms with Crippen LogP contribution in [0.2, 0.25) is 0 Å². The van der Waals surface area contributed by atoms with Crippen LogP contribution in [-0.2, 0) is 16.1 Å². The summed E-state index contributed by atoms with van der Waals surface area (Å²) in [6.07, 6.45) is 7.19. The molecular formula is C18H25NO2S. The molecule has 2 fully saturated rings. The van der Waals surface area contributed by atoms with Crippen molar-refractivity contribution >= 4 is 17.7 Å². The van der Waals surface area contributed by atoms with Gasteiger partial charge in [0.05, 0.1) is 0 Å². The van der Waals surface area contributed by atoms with E-state index in [1.165, 1.54) is 23.3 Å². The third-order valence-electron chi connectivity index (χ3n) is 4.62. The molecule has 0 unspecified atom stereocenters. The number of carbonyl (C=O) groups excluding carboxylic acids is 1. The Labute approximate surface area is 137 Å². The van der Waals surface area contributed by atoms with Crippen molar-refractivity contribution in [2.24, 2.45) is 5.92 Å². The summed E-state index contributed by atoms with van der Waals surface area (Å²) >= 11 is 1.75. The van der Waals surface area contributed by atoms with Crippen molar-refractivity contribution in [3.63, 3.8) is 0 Å². The minimum atomic E-state index is 0.336. The van der Waals surface area contributed by atoms with Gasteiger partial charge in [0.2, 0.25) is 5.91 Å². The molecule has 0 N–H and O–H groups in total. The molecule has 0 aromatic heterocycles. The fourth-order valence-electron chi connectivity index (χ4n) is 3.05. The third-order valence-corrected chi connectivity index (χ3v) is 5.37. The average Bonchev–Trinajstić information content (AvgIpc) is 3.39. The zero-order valence-electron chi connectivity index (χ0n) is 13.3. The number of amides is 1. The van der Waals surface area contributed by atoms with E-state index >= 15 is 0 Å². The van der Waals surface area contributed by atoms with E-state index in [2.05, 4.69) is 35.4 Å². The van der Waals surface area contributed by atoms with Crippen molar-refractivity contribution in [3.05, 3.63) is 29.8 Å². The monoisotopic (exact) mass is 319 g/mol. The quantitative estimate of drug-likeness (QED) is 0.749. The molecule has 3 rings (SSSR count). The van der Waals surface area contributed by atoms with E-state index in [0.29, 0.717) is 24.3 Å². The summed E-state index contributed by atoms with van der Waals surface area (Å²) in [5.74, 6) is 0.852. The lowest BCUT2D eigenvalue weighted by molar-refractivity contribution is -0.134. The molecule has 1 amide bonds. The molecule has 1 aromatic rings. The Kier molecular flexibility index (Phi) is 5.42. The Morgan fingerprint density at radius 3 is 2.45 bits per heavy atom. The smallest absolute Gasteiger partial charge is 0.223 e. The first-order valence-corrected chi connectivity index (χ1v) is 9.49. The van der Waals surface area contributed by atoms with Gasteiger partial charge in [-0.1, -0.05) is 12.1 Å². The molecule has 1 heterocycles. The summed E-state index contributed by atoms with van der Waals surface area (Å²) < 4.78 is 5.39. The molecule has 4 heteroatoms. The van der Waals surface area contributed by atoms with E-state index < -0.39 is 0 Å². The highest BCUT2D eigenvalue weighted by molar-refractivity contribution is 7.98. The van der Waals surface area contributed by atoms with Gasteiger partial charge in [-0.25, -0.2) is 0 Å². The summed E-state index contributed by atoms with van der Waals surface area (Å²) in [6, 6.07) is 9.08. The zero-order valence-corrected chi connectivity index (χ0v) is 14.1. The van der Waals surface area contributed by atoms with Gasteiger partial charge in [-0.15, -0.1) is 11.8 Å². The molecule has 0 atom stereocenters. The number of ether oxygens (including phenoxy) is 1. The molecular weight excluding hydrogens is 294 g/mol. The van der Waals surface area contributed by atoms with Crippen molar-refractivity contribution in [2.75, 3.05) is 19.5 Å². The predicted molar refractivity (Wildman–Crippen MR) is 90.0 cm³/mol. The second kappa shape index (κ2) is 7.51. The number of benzene rings is 1. The van der Waals surface area contributed by atoms with Gasteiger partial charge in [0, 0.05) is 37.1 Å². The predicted octanol–water partition coefficient (Wildman–Crippen LogP) is 3.72. The normalized spacial score (nSPS) is 19.1. The summed E-state index contributed by atoms with van der Waals surface area (Å²) in [5, 5.41) is 0. The molecule has 1 saturated heterocycles. The minimum Gasteiger partial charge on any atom is -0.381 e. The Balaban J connectivity index is 1.60. The van der Waals surface area contributed by atoms with Gasteiger partial charge in [-0.3, -0.25) is 4.79 Å². The molecule has 1 saturated carbocycles. The molecule has 120 valence electrons. The van der Waals surface area contributed by atoms with Gasteiger partial charge >= 0.3 is 0 Å². The Hall–Kier alpha value is -1.00. The Morgan fingerprint density at radius 2 is 1.86 bits per heavy atom. The molecule has 0 radical (unpaired) electrons. The van der Waals surface area contributed by atoms with Gasteiger partial charge in [-0.05, 0) is 55.6 Å². The van der Waals surface area contributed by atoms with Crippen LogP contribution in [0.15, 0.2) is 29.2 Å². The van der Waals surface area contributed by atoms with Crippen LogP contribution in [0.4, 0.5) is 0 Å². The van der Waals surface area contributed by atoms with E-state index in [0.717, 1.165) is 32.6 Å². The van der Waals surface area contributed by atoms with E-state index in [4.69, 9.17) is 4.74 Å². The maximum absolute atomic E-state index is 12.7. The second-order valence-electron chi connectivity index (χ2n) is 6.36. The third kappa shape index (κ3) is 4.26. The highest BCUT2D eigenvalue weighted by Gasteiger charge is 2.33. The lowest BCUT2D eigenvalue weighted by Crippen LogP contribution is -2.34. The number of carbonyl (C=O) groups is 1. The standard InChI is InChI=1S/C18H25NO2S/c1-22-17-6-2-15(3-7-17)13-19(16-4-5-16)18(20)12-14-8-10-21-11-9-14/h2-3,6-7,14,16H,4-5,8-13H2,1H3. The number of nitrogens with zero attached hydrogens (tertiary/aromatic N) is 1. The first-order valence-electron chi connectivity index (χ1n) is 8.26. The Bertz CT molecular complexity index is 492. The van der Waals surface area contributed by atoms with Crippen LogP contribution in [0.5, 0.6) is 0 Å². The highest BCUT2D eigenvalue weighted by atomic mass is 32.2. The maximum Gasteiger partial charge on any atom is 0.223 e. The zero-order chi connectivity index (χ0) is 15.4. The van der Waals surface area contributed by atoms with Crippen LogP contribution in [0, 0.1) is 5.92 Å². The van der Waals surface area contributed by atoms with E-state index in [1.807, 2.05) is 0 Å². The minimum absolute atomic E-state index is 0.336. The van der Waals surface area contributed by atoms with Crippen LogP contribution in [0.1, 0.15) is 37.7 Å². The maximum atomic E-state index is 12.7. The molecule has 2 aliphatic rings. The van der Waals surface area contributed by atoms with Gasteiger partial charge < -0.3 is 9.64 Å². The topological polar surface area (TPSA) is 29.5 Å².